The van der Waals surface area contributed by atoms with E-state index in [0.29, 0.717) is 0 Å². The molecule has 0 N–H and O–H groups in total. The first-order chi connectivity index (χ1) is 9.38. The molecule has 2 aromatic rings. The van der Waals surface area contributed by atoms with Crippen LogP contribution in [0.4, 0.5) is 0 Å². The second kappa shape index (κ2) is 5.83. The van der Waals surface area contributed by atoms with Crippen molar-refractivity contribution in [3.05, 3.63) is 70.3 Å². The molecular formula is C20H26. The van der Waals surface area contributed by atoms with Crippen molar-refractivity contribution in [3.63, 3.8) is 0 Å². The second-order valence-corrected chi connectivity index (χ2v) is 6.83. The van der Waals surface area contributed by atoms with Crippen LogP contribution < -0.4 is 0 Å². The third kappa shape index (κ3) is 3.50. The van der Waals surface area contributed by atoms with E-state index in [-0.39, 0.29) is 5.41 Å². The van der Waals surface area contributed by atoms with Crippen LogP contribution in [0, 0.1) is 13.8 Å². The van der Waals surface area contributed by atoms with Gasteiger partial charge in [-0.05, 0) is 54.4 Å². The van der Waals surface area contributed by atoms with E-state index in [1.165, 1.54) is 27.8 Å². The summed E-state index contributed by atoms with van der Waals surface area (Å²) in [5.74, 6) is 0. The Morgan fingerprint density at radius 3 is 2.20 bits per heavy atom. The Labute approximate surface area is 123 Å². The van der Waals surface area contributed by atoms with E-state index < -0.39 is 0 Å². The van der Waals surface area contributed by atoms with Gasteiger partial charge < -0.3 is 0 Å². The topological polar surface area (TPSA) is 0 Å². The molecule has 0 aromatic heterocycles. The van der Waals surface area contributed by atoms with Crippen molar-refractivity contribution in [2.45, 2.75) is 52.9 Å². The minimum Gasteiger partial charge on any atom is -0.0617 e. The van der Waals surface area contributed by atoms with Crippen molar-refractivity contribution in [2.24, 2.45) is 0 Å². The van der Waals surface area contributed by atoms with Gasteiger partial charge in [-0.2, -0.15) is 0 Å². The van der Waals surface area contributed by atoms with Gasteiger partial charge in [0, 0.05) is 0 Å². The van der Waals surface area contributed by atoms with Crippen molar-refractivity contribution in [3.8, 4) is 0 Å². The molecule has 0 saturated carbocycles. The molecule has 0 heterocycles. The lowest BCUT2D eigenvalue weighted by atomic mass is 9.82. The highest BCUT2D eigenvalue weighted by atomic mass is 14.2. The average molecular weight is 266 g/mol. The number of hydrogen-bond donors (Lipinski definition) is 0. The Balaban J connectivity index is 2.18. The fraction of sp³-hybridized carbons (Fsp3) is 0.400. The number of hydrogen-bond acceptors (Lipinski definition) is 0. The Kier molecular flexibility index (Phi) is 4.32. The van der Waals surface area contributed by atoms with Gasteiger partial charge in [-0.25, -0.2) is 0 Å². The highest BCUT2D eigenvalue weighted by Crippen LogP contribution is 2.28. The Hall–Kier alpha value is -1.56. The summed E-state index contributed by atoms with van der Waals surface area (Å²) < 4.78 is 0. The van der Waals surface area contributed by atoms with Gasteiger partial charge >= 0.3 is 0 Å². The molecule has 0 radical (unpaired) electrons. The van der Waals surface area contributed by atoms with Crippen molar-refractivity contribution < 1.29 is 0 Å². The standard InChI is InChI=1S/C20H26/c1-15-8-6-9-17(14-15)12-13-18-10-7-11-19(16(18)2)20(3,4)5/h6-11,14H,12-13H2,1-5H3. The van der Waals surface area contributed by atoms with Gasteiger partial charge in [-0.1, -0.05) is 68.8 Å². The minimum atomic E-state index is 0.226. The molecule has 0 unspecified atom stereocenters. The molecule has 2 rings (SSSR count). The third-order valence-corrected chi connectivity index (χ3v) is 4.02. The van der Waals surface area contributed by atoms with Gasteiger partial charge in [-0.3, -0.25) is 0 Å². The van der Waals surface area contributed by atoms with E-state index in [9.17, 15) is 0 Å². The quantitative estimate of drug-likeness (QED) is 0.699. The molecule has 0 bridgehead atoms. The minimum absolute atomic E-state index is 0.226. The number of aryl methyl sites for hydroxylation is 3. The summed E-state index contributed by atoms with van der Waals surface area (Å²) in [5, 5.41) is 0. The molecule has 0 aliphatic carbocycles. The summed E-state index contributed by atoms with van der Waals surface area (Å²) in [6.07, 6.45) is 2.25. The summed E-state index contributed by atoms with van der Waals surface area (Å²) in [7, 11) is 0. The highest BCUT2D eigenvalue weighted by Gasteiger charge is 2.17. The maximum atomic E-state index is 2.29. The van der Waals surface area contributed by atoms with E-state index in [2.05, 4.69) is 77.1 Å². The zero-order valence-corrected chi connectivity index (χ0v) is 13.5. The Bertz CT molecular complexity index is 585. The van der Waals surface area contributed by atoms with E-state index in [0.717, 1.165) is 12.8 Å². The molecule has 0 nitrogen and oxygen atoms in total. The summed E-state index contributed by atoms with van der Waals surface area (Å²) >= 11 is 0. The molecule has 0 heteroatoms. The highest BCUT2D eigenvalue weighted by molar-refractivity contribution is 5.38. The van der Waals surface area contributed by atoms with Crippen LogP contribution in [0.15, 0.2) is 42.5 Å². The van der Waals surface area contributed by atoms with Crippen LogP contribution in [0.2, 0.25) is 0 Å². The van der Waals surface area contributed by atoms with E-state index in [4.69, 9.17) is 0 Å². The first-order valence-electron chi connectivity index (χ1n) is 7.52. The maximum Gasteiger partial charge on any atom is -0.0129 e. The van der Waals surface area contributed by atoms with Crippen LogP contribution in [0.25, 0.3) is 0 Å². The maximum absolute atomic E-state index is 2.29. The van der Waals surface area contributed by atoms with E-state index in [1.807, 2.05) is 0 Å². The van der Waals surface area contributed by atoms with Crippen molar-refractivity contribution >= 4 is 0 Å². The molecule has 0 fully saturated rings. The van der Waals surface area contributed by atoms with Crippen LogP contribution in [0.5, 0.6) is 0 Å². The van der Waals surface area contributed by atoms with E-state index >= 15 is 0 Å². The summed E-state index contributed by atoms with van der Waals surface area (Å²) in [4.78, 5) is 0. The van der Waals surface area contributed by atoms with Gasteiger partial charge in [0.25, 0.3) is 0 Å². The van der Waals surface area contributed by atoms with Gasteiger partial charge in [-0.15, -0.1) is 0 Å². The second-order valence-electron chi connectivity index (χ2n) is 6.83. The zero-order valence-electron chi connectivity index (χ0n) is 13.5. The lowest BCUT2D eigenvalue weighted by Crippen LogP contribution is -2.14. The SMILES string of the molecule is Cc1cccc(CCc2cccc(C(C)(C)C)c2C)c1. The van der Waals surface area contributed by atoms with Gasteiger partial charge in [0.15, 0.2) is 0 Å². The summed E-state index contributed by atoms with van der Waals surface area (Å²) in [6.45, 7) is 11.3. The first-order valence-corrected chi connectivity index (χ1v) is 7.52. The van der Waals surface area contributed by atoms with Crippen LogP contribution in [-0.4, -0.2) is 0 Å². The summed E-state index contributed by atoms with van der Waals surface area (Å²) in [6, 6.07) is 15.6. The van der Waals surface area contributed by atoms with Crippen molar-refractivity contribution in [1.29, 1.82) is 0 Å². The first kappa shape index (κ1) is 14.8. The molecule has 2 aromatic carbocycles. The van der Waals surface area contributed by atoms with Crippen LogP contribution in [-0.2, 0) is 18.3 Å². The lowest BCUT2D eigenvalue weighted by molar-refractivity contribution is 0.584. The normalized spacial score (nSPS) is 11.7. The van der Waals surface area contributed by atoms with Crippen LogP contribution in [0.3, 0.4) is 0 Å². The Morgan fingerprint density at radius 2 is 1.55 bits per heavy atom. The molecule has 20 heavy (non-hydrogen) atoms. The molecule has 0 spiro atoms. The summed E-state index contributed by atoms with van der Waals surface area (Å²) in [5.41, 5.74) is 7.43. The van der Waals surface area contributed by atoms with Gasteiger partial charge in [0.05, 0.1) is 0 Å². The number of benzene rings is 2. The van der Waals surface area contributed by atoms with Crippen molar-refractivity contribution in [1.82, 2.24) is 0 Å². The van der Waals surface area contributed by atoms with Gasteiger partial charge in [0.1, 0.15) is 0 Å². The molecule has 0 aliphatic rings. The fourth-order valence-corrected chi connectivity index (χ4v) is 2.91. The predicted molar refractivity (Wildman–Crippen MR) is 88.5 cm³/mol. The van der Waals surface area contributed by atoms with Gasteiger partial charge in [0.2, 0.25) is 0 Å². The smallest absolute Gasteiger partial charge is 0.0129 e. The van der Waals surface area contributed by atoms with E-state index in [1.54, 1.807) is 0 Å². The third-order valence-electron chi connectivity index (χ3n) is 4.02. The molecule has 0 aliphatic heterocycles. The molecule has 0 atom stereocenters. The molecule has 106 valence electrons. The predicted octanol–water partition coefficient (Wildman–Crippen LogP) is 5.39. The zero-order chi connectivity index (χ0) is 14.8. The average Bonchev–Trinajstić information content (AvgIpc) is 2.36. The molecule has 0 saturated heterocycles. The molecular weight excluding hydrogens is 240 g/mol. The lowest BCUT2D eigenvalue weighted by Gasteiger charge is -2.23. The van der Waals surface area contributed by atoms with Crippen LogP contribution >= 0.6 is 0 Å². The fourth-order valence-electron chi connectivity index (χ4n) is 2.91. The largest absolute Gasteiger partial charge is 0.0617 e. The monoisotopic (exact) mass is 266 g/mol. The van der Waals surface area contributed by atoms with Crippen molar-refractivity contribution in [2.75, 3.05) is 0 Å². The number of rotatable bonds is 3. The Morgan fingerprint density at radius 1 is 0.850 bits per heavy atom. The molecule has 0 amide bonds. The van der Waals surface area contributed by atoms with Crippen LogP contribution in [0.1, 0.15) is 48.6 Å².